The van der Waals surface area contributed by atoms with Gasteiger partial charge in [-0.1, -0.05) is 20.3 Å². The highest BCUT2D eigenvalue weighted by Crippen LogP contribution is 2.25. The zero-order valence-corrected chi connectivity index (χ0v) is 12.3. The third kappa shape index (κ3) is 2.16. The van der Waals surface area contributed by atoms with E-state index in [1.165, 1.54) is 12.8 Å². The summed E-state index contributed by atoms with van der Waals surface area (Å²) < 4.78 is 1.81. The number of nitrogens with one attached hydrogen (secondary N) is 1. The van der Waals surface area contributed by atoms with E-state index in [-0.39, 0.29) is 0 Å². The van der Waals surface area contributed by atoms with Crippen LogP contribution in [-0.2, 0) is 12.8 Å². The minimum absolute atomic E-state index is 0.347. The van der Waals surface area contributed by atoms with Crippen LogP contribution < -0.4 is 11.1 Å². The second kappa shape index (κ2) is 5.40. The zero-order valence-electron chi connectivity index (χ0n) is 12.3. The van der Waals surface area contributed by atoms with Crippen LogP contribution in [0.25, 0.3) is 5.65 Å². The molecule has 1 saturated heterocycles. The molecule has 3 rings (SSSR count). The quantitative estimate of drug-likeness (QED) is 0.900. The summed E-state index contributed by atoms with van der Waals surface area (Å²) in [5.41, 5.74) is 10.5. The molecule has 1 atom stereocenters. The number of hydrogen-bond acceptors (Lipinski definition) is 4. The molecule has 1 unspecified atom stereocenters. The Morgan fingerprint density at radius 3 is 2.85 bits per heavy atom. The lowest BCUT2D eigenvalue weighted by Crippen LogP contribution is -2.27. The third-order valence-electron chi connectivity index (χ3n) is 4.20. The maximum atomic E-state index is 6.29. The Morgan fingerprint density at radius 1 is 1.35 bits per heavy atom. The summed E-state index contributed by atoms with van der Waals surface area (Å²) in [6.07, 6.45) is 5.46. The smallest absolute Gasteiger partial charge is 0.157 e. The molecule has 0 aromatic carbocycles. The van der Waals surface area contributed by atoms with Crippen LogP contribution in [0.4, 0.5) is 5.82 Å². The summed E-state index contributed by atoms with van der Waals surface area (Å²) in [7, 11) is 0. The van der Waals surface area contributed by atoms with E-state index < -0.39 is 0 Å². The fourth-order valence-corrected chi connectivity index (χ4v) is 3.08. The van der Waals surface area contributed by atoms with E-state index in [4.69, 9.17) is 10.7 Å². The average Bonchev–Trinajstić information content (AvgIpc) is 2.92. The van der Waals surface area contributed by atoms with E-state index in [0.717, 1.165) is 54.2 Å². The van der Waals surface area contributed by atoms with Crippen molar-refractivity contribution in [2.24, 2.45) is 0 Å². The summed E-state index contributed by atoms with van der Waals surface area (Å²) in [5, 5.41) is 8.22. The summed E-state index contributed by atoms with van der Waals surface area (Å²) in [6, 6.07) is 2.43. The molecule has 0 radical (unpaired) electrons. The second-order valence-electron chi connectivity index (χ2n) is 5.47. The number of nitrogen functional groups attached to an aromatic ring is 1. The first-order chi connectivity index (χ1) is 9.74. The largest absolute Gasteiger partial charge is 0.383 e. The van der Waals surface area contributed by atoms with Crippen LogP contribution >= 0.6 is 0 Å². The fraction of sp³-hybridized carbons (Fsp3) is 0.600. The highest BCUT2D eigenvalue weighted by Gasteiger charge is 2.20. The van der Waals surface area contributed by atoms with Gasteiger partial charge in [0.1, 0.15) is 5.82 Å². The molecule has 0 saturated carbocycles. The predicted octanol–water partition coefficient (Wildman–Crippen LogP) is 2.25. The number of aromatic nitrogens is 3. The summed E-state index contributed by atoms with van der Waals surface area (Å²) >= 11 is 0. The minimum Gasteiger partial charge on any atom is -0.383 e. The Kier molecular flexibility index (Phi) is 3.61. The maximum Gasteiger partial charge on any atom is 0.157 e. The van der Waals surface area contributed by atoms with Crippen molar-refractivity contribution in [2.75, 3.05) is 12.3 Å². The van der Waals surface area contributed by atoms with Gasteiger partial charge in [-0.25, -0.2) is 4.98 Å². The summed E-state index contributed by atoms with van der Waals surface area (Å²) in [4.78, 5) is 4.73. The molecule has 0 aliphatic carbocycles. The first-order valence-corrected chi connectivity index (χ1v) is 7.64. The van der Waals surface area contributed by atoms with E-state index in [2.05, 4.69) is 30.3 Å². The zero-order chi connectivity index (χ0) is 14.1. The molecule has 2 aromatic rings. The molecule has 1 aliphatic heterocycles. The molecular weight excluding hydrogens is 250 g/mol. The number of fused-ring (bicyclic) bond motifs is 1. The van der Waals surface area contributed by atoms with Gasteiger partial charge < -0.3 is 11.1 Å². The highest BCUT2D eigenvalue weighted by atomic mass is 15.3. The molecule has 3 N–H and O–H groups in total. The summed E-state index contributed by atoms with van der Waals surface area (Å²) in [5.74, 6) is 0.747. The molecule has 3 heterocycles. The van der Waals surface area contributed by atoms with Crippen LogP contribution in [0.3, 0.4) is 0 Å². The normalized spacial score (nSPS) is 19.6. The van der Waals surface area contributed by atoms with Gasteiger partial charge in [0.05, 0.1) is 11.7 Å². The molecule has 0 spiro atoms. The van der Waals surface area contributed by atoms with Crippen LogP contribution in [0.1, 0.15) is 56.1 Å². The van der Waals surface area contributed by atoms with Crippen molar-refractivity contribution in [2.45, 2.75) is 52.0 Å². The van der Waals surface area contributed by atoms with Crippen LogP contribution in [-0.4, -0.2) is 21.1 Å². The van der Waals surface area contributed by atoms with E-state index in [0.29, 0.717) is 6.04 Å². The molecule has 0 amide bonds. The van der Waals surface area contributed by atoms with Crippen LogP contribution in [0.5, 0.6) is 0 Å². The maximum absolute atomic E-state index is 6.29. The van der Waals surface area contributed by atoms with E-state index in [1.54, 1.807) is 0 Å². The topological polar surface area (TPSA) is 68.2 Å². The number of rotatable bonds is 3. The van der Waals surface area contributed by atoms with E-state index in [9.17, 15) is 0 Å². The molecule has 20 heavy (non-hydrogen) atoms. The van der Waals surface area contributed by atoms with Gasteiger partial charge in [-0.3, -0.25) is 0 Å². The Bertz CT molecular complexity index is 610. The van der Waals surface area contributed by atoms with E-state index in [1.807, 2.05) is 4.52 Å². The number of anilines is 1. The van der Waals surface area contributed by atoms with Crippen molar-refractivity contribution >= 4 is 11.5 Å². The SMILES string of the molecule is CCc1nc2cc(C3CCCCN3)nn2c(N)c1CC. The number of piperidine rings is 1. The lowest BCUT2D eigenvalue weighted by Gasteiger charge is -2.21. The number of nitrogens with zero attached hydrogens (tertiary/aromatic N) is 3. The Morgan fingerprint density at radius 2 is 2.20 bits per heavy atom. The van der Waals surface area contributed by atoms with Crippen molar-refractivity contribution in [3.63, 3.8) is 0 Å². The van der Waals surface area contributed by atoms with Gasteiger partial charge in [0, 0.05) is 17.3 Å². The number of aryl methyl sites for hydroxylation is 1. The molecular formula is C15H23N5. The van der Waals surface area contributed by atoms with Gasteiger partial charge >= 0.3 is 0 Å². The van der Waals surface area contributed by atoms with Crippen molar-refractivity contribution < 1.29 is 0 Å². The van der Waals surface area contributed by atoms with Gasteiger partial charge in [-0.2, -0.15) is 9.61 Å². The van der Waals surface area contributed by atoms with Crippen molar-refractivity contribution in [1.29, 1.82) is 0 Å². The number of hydrogen-bond donors (Lipinski definition) is 2. The Labute approximate surface area is 119 Å². The lowest BCUT2D eigenvalue weighted by atomic mass is 10.0. The molecule has 5 nitrogen and oxygen atoms in total. The van der Waals surface area contributed by atoms with Gasteiger partial charge in [-0.15, -0.1) is 0 Å². The second-order valence-corrected chi connectivity index (χ2v) is 5.47. The monoisotopic (exact) mass is 273 g/mol. The predicted molar refractivity (Wildman–Crippen MR) is 80.8 cm³/mol. The van der Waals surface area contributed by atoms with Gasteiger partial charge in [0.25, 0.3) is 0 Å². The average molecular weight is 273 g/mol. The fourth-order valence-electron chi connectivity index (χ4n) is 3.08. The van der Waals surface area contributed by atoms with Gasteiger partial charge in [0.15, 0.2) is 5.65 Å². The Hall–Kier alpha value is -1.62. The first kappa shape index (κ1) is 13.4. The molecule has 108 valence electrons. The molecule has 1 fully saturated rings. The Balaban J connectivity index is 2.08. The third-order valence-corrected chi connectivity index (χ3v) is 4.20. The van der Waals surface area contributed by atoms with Crippen molar-refractivity contribution in [1.82, 2.24) is 19.9 Å². The van der Waals surface area contributed by atoms with E-state index >= 15 is 0 Å². The molecule has 0 bridgehead atoms. The van der Waals surface area contributed by atoms with Crippen molar-refractivity contribution in [3.8, 4) is 0 Å². The van der Waals surface area contributed by atoms with Crippen LogP contribution in [0.2, 0.25) is 0 Å². The highest BCUT2D eigenvalue weighted by molar-refractivity contribution is 5.54. The first-order valence-electron chi connectivity index (χ1n) is 7.64. The minimum atomic E-state index is 0.347. The summed E-state index contributed by atoms with van der Waals surface area (Å²) in [6.45, 7) is 5.31. The van der Waals surface area contributed by atoms with Gasteiger partial charge in [0.2, 0.25) is 0 Å². The standard InChI is InChI=1S/C15H23N5/c1-3-10-11(4-2)18-14-9-13(19-20(14)15(10)16)12-7-5-6-8-17-12/h9,12,17H,3-8,16H2,1-2H3. The van der Waals surface area contributed by atoms with Crippen LogP contribution in [0, 0.1) is 0 Å². The number of nitrogens with two attached hydrogens (primary N) is 1. The molecule has 5 heteroatoms. The molecule has 2 aromatic heterocycles. The van der Waals surface area contributed by atoms with Crippen molar-refractivity contribution in [3.05, 3.63) is 23.0 Å². The lowest BCUT2D eigenvalue weighted by molar-refractivity contribution is 0.404. The molecule has 1 aliphatic rings. The van der Waals surface area contributed by atoms with Gasteiger partial charge in [-0.05, 0) is 32.2 Å². The van der Waals surface area contributed by atoms with Crippen LogP contribution in [0.15, 0.2) is 6.07 Å².